The number of halogens is 1. The highest BCUT2D eigenvalue weighted by atomic mass is 19.1. The van der Waals surface area contributed by atoms with Gasteiger partial charge in [0.1, 0.15) is 30.2 Å². The van der Waals surface area contributed by atoms with Crippen LogP contribution in [-0.2, 0) is 0 Å². The molecule has 0 bridgehead atoms. The van der Waals surface area contributed by atoms with Gasteiger partial charge in [0.25, 0.3) is 0 Å². The number of benzene rings is 2. The Morgan fingerprint density at radius 3 is 2.52 bits per heavy atom. The van der Waals surface area contributed by atoms with Gasteiger partial charge in [0.15, 0.2) is 0 Å². The van der Waals surface area contributed by atoms with Crippen molar-refractivity contribution >= 4 is 0 Å². The van der Waals surface area contributed by atoms with Crippen LogP contribution in [0, 0.1) is 5.82 Å². The van der Waals surface area contributed by atoms with Gasteiger partial charge in [0.05, 0.1) is 0 Å². The largest absolute Gasteiger partial charge is 0.489 e. The molecule has 0 aliphatic carbocycles. The third-order valence-corrected chi connectivity index (χ3v) is 4.94. The first-order chi connectivity index (χ1) is 12.3. The van der Waals surface area contributed by atoms with Crippen molar-refractivity contribution in [1.29, 1.82) is 0 Å². The molecule has 2 saturated heterocycles. The molecule has 2 aliphatic heterocycles. The summed E-state index contributed by atoms with van der Waals surface area (Å²) in [7, 11) is 0. The van der Waals surface area contributed by atoms with Crippen LogP contribution in [-0.4, -0.2) is 54.9 Å². The molecule has 0 spiro atoms. The SMILES string of the molecule is Fc1ccc(O[C@H]2C[C@H]3CN(COc4ccccc4)CCN3C2)cc1. The fourth-order valence-corrected chi connectivity index (χ4v) is 3.65. The molecule has 4 rings (SSSR count). The van der Waals surface area contributed by atoms with E-state index < -0.39 is 0 Å². The van der Waals surface area contributed by atoms with E-state index in [1.165, 1.54) is 12.1 Å². The summed E-state index contributed by atoms with van der Waals surface area (Å²) in [5, 5.41) is 0. The molecule has 25 heavy (non-hydrogen) atoms. The minimum absolute atomic E-state index is 0.172. The number of hydrogen-bond donors (Lipinski definition) is 0. The molecule has 4 nitrogen and oxygen atoms in total. The van der Waals surface area contributed by atoms with Crippen LogP contribution in [0.25, 0.3) is 0 Å². The molecule has 132 valence electrons. The van der Waals surface area contributed by atoms with E-state index in [9.17, 15) is 4.39 Å². The topological polar surface area (TPSA) is 24.9 Å². The Morgan fingerprint density at radius 1 is 0.920 bits per heavy atom. The van der Waals surface area contributed by atoms with Crippen LogP contribution in [0.4, 0.5) is 4.39 Å². The fourth-order valence-electron chi connectivity index (χ4n) is 3.65. The summed E-state index contributed by atoms with van der Waals surface area (Å²) in [5.41, 5.74) is 0. The molecule has 2 atom stereocenters. The lowest BCUT2D eigenvalue weighted by Gasteiger charge is -2.36. The standard InChI is InChI=1S/C20H23FN2O2/c21-16-6-8-19(9-7-16)25-20-12-17-13-22(10-11-23(17)14-20)15-24-18-4-2-1-3-5-18/h1-9,17,20H,10-15H2/t17-,20-/m0/s1. The average Bonchev–Trinajstić information content (AvgIpc) is 3.04. The predicted octanol–water partition coefficient (Wildman–Crippen LogP) is 3.00. The van der Waals surface area contributed by atoms with Crippen molar-refractivity contribution < 1.29 is 13.9 Å². The Morgan fingerprint density at radius 2 is 1.72 bits per heavy atom. The number of hydrogen-bond acceptors (Lipinski definition) is 4. The quantitative estimate of drug-likeness (QED) is 0.834. The number of para-hydroxylation sites is 1. The molecule has 0 unspecified atom stereocenters. The van der Waals surface area contributed by atoms with Gasteiger partial charge < -0.3 is 9.47 Å². The third kappa shape index (κ3) is 4.11. The molecule has 0 N–H and O–H groups in total. The minimum Gasteiger partial charge on any atom is -0.489 e. The highest BCUT2D eigenvalue weighted by Crippen LogP contribution is 2.26. The molecule has 0 aromatic heterocycles. The second kappa shape index (κ2) is 7.42. The first-order valence-corrected chi connectivity index (χ1v) is 8.83. The van der Waals surface area contributed by atoms with Crippen LogP contribution in [0.5, 0.6) is 11.5 Å². The van der Waals surface area contributed by atoms with E-state index in [0.717, 1.165) is 44.1 Å². The van der Waals surface area contributed by atoms with Crippen LogP contribution < -0.4 is 9.47 Å². The second-order valence-electron chi connectivity index (χ2n) is 6.74. The fraction of sp³-hybridized carbons (Fsp3) is 0.400. The summed E-state index contributed by atoms with van der Waals surface area (Å²) in [4.78, 5) is 4.85. The Kier molecular flexibility index (Phi) is 4.85. The molecule has 0 saturated carbocycles. The van der Waals surface area contributed by atoms with Crippen molar-refractivity contribution in [2.75, 3.05) is 32.9 Å². The first-order valence-electron chi connectivity index (χ1n) is 8.83. The van der Waals surface area contributed by atoms with E-state index in [1.807, 2.05) is 30.3 Å². The van der Waals surface area contributed by atoms with Gasteiger partial charge >= 0.3 is 0 Å². The lowest BCUT2D eigenvalue weighted by Crippen LogP contribution is -2.51. The Bertz CT molecular complexity index is 680. The van der Waals surface area contributed by atoms with Crippen molar-refractivity contribution in [1.82, 2.24) is 9.80 Å². The zero-order chi connectivity index (χ0) is 17.1. The zero-order valence-corrected chi connectivity index (χ0v) is 14.2. The maximum Gasteiger partial charge on any atom is 0.142 e. The molecule has 2 aromatic rings. The van der Waals surface area contributed by atoms with Crippen molar-refractivity contribution in [3.63, 3.8) is 0 Å². The number of ether oxygens (including phenoxy) is 2. The minimum atomic E-state index is -0.231. The van der Waals surface area contributed by atoms with Gasteiger partial charge in [-0.25, -0.2) is 4.39 Å². The van der Waals surface area contributed by atoms with Crippen molar-refractivity contribution in [3.05, 3.63) is 60.4 Å². The van der Waals surface area contributed by atoms with E-state index in [2.05, 4.69) is 9.80 Å². The van der Waals surface area contributed by atoms with Gasteiger partial charge in [-0.05, 0) is 36.4 Å². The van der Waals surface area contributed by atoms with Gasteiger partial charge in [-0.3, -0.25) is 9.80 Å². The molecule has 5 heteroatoms. The van der Waals surface area contributed by atoms with E-state index in [0.29, 0.717) is 12.8 Å². The van der Waals surface area contributed by atoms with E-state index in [4.69, 9.17) is 9.47 Å². The Labute approximate surface area is 147 Å². The monoisotopic (exact) mass is 342 g/mol. The van der Waals surface area contributed by atoms with Crippen molar-refractivity contribution in [2.45, 2.75) is 18.6 Å². The van der Waals surface area contributed by atoms with Gasteiger partial charge in [0, 0.05) is 38.6 Å². The highest BCUT2D eigenvalue weighted by molar-refractivity contribution is 5.23. The van der Waals surface area contributed by atoms with Crippen LogP contribution in [0.2, 0.25) is 0 Å². The zero-order valence-electron chi connectivity index (χ0n) is 14.2. The molecule has 2 heterocycles. The lowest BCUT2D eigenvalue weighted by molar-refractivity contribution is 0.0472. The summed E-state index contributed by atoms with van der Waals surface area (Å²) >= 11 is 0. The smallest absolute Gasteiger partial charge is 0.142 e. The summed E-state index contributed by atoms with van der Waals surface area (Å²) in [6.45, 7) is 4.60. The van der Waals surface area contributed by atoms with Crippen LogP contribution in [0.1, 0.15) is 6.42 Å². The number of piperazine rings is 1. The first kappa shape index (κ1) is 16.4. The lowest BCUT2D eigenvalue weighted by atomic mass is 10.1. The van der Waals surface area contributed by atoms with Gasteiger partial charge in [-0.1, -0.05) is 18.2 Å². The van der Waals surface area contributed by atoms with Gasteiger partial charge in [-0.15, -0.1) is 0 Å². The number of nitrogens with zero attached hydrogens (tertiary/aromatic N) is 2. The van der Waals surface area contributed by atoms with Crippen LogP contribution >= 0.6 is 0 Å². The van der Waals surface area contributed by atoms with Crippen LogP contribution in [0.15, 0.2) is 54.6 Å². The van der Waals surface area contributed by atoms with Crippen LogP contribution in [0.3, 0.4) is 0 Å². The summed E-state index contributed by atoms with van der Waals surface area (Å²) in [6, 6.07) is 16.7. The Balaban J connectivity index is 1.28. The maximum atomic E-state index is 13.0. The van der Waals surface area contributed by atoms with Gasteiger partial charge in [0.2, 0.25) is 0 Å². The molecular formula is C20H23FN2O2. The molecule has 2 aliphatic rings. The van der Waals surface area contributed by atoms with E-state index in [1.54, 1.807) is 12.1 Å². The summed E-state index contributed by atoms with van der Waals surface area (Å²) in [6.07, 6.45) is 1.17. The summed E-state index contributed by atoms with van der Waals surface area (Å²) < 4.78 is 24.9. The molecule has 0 amide bonds. The maximum absolute atomic E-state index is 13.0. The average molecular weight is 342 g/mol. The van der Waals surface area contributed by atoms with Crippen molar-refractivity contribution in [2.24, 2.45) is 0 Å². The predicted molar refractivity (Wildman–Crippen MR) is 94.3 cm³/mol. The normalized spacial score (nSPS) is 24.0. The molecular weight excluding hydrogens is 319 g/mol. The van der Waals surface area contributed by atoms with Crippen molar-refractivity contribution in [3.8, 4) is 11.5 Å². The molecule has 2 fully saturated rings. The number of rotatable bonds is 5. The number of fused-ring (bicyclic) bond motifs is 1. The third-order valence-electron chi connectivity index (χ3n) is 4.94. The van der Waals surface area contributed by atoms with Gasteiger partial charge in [-0.2, -0.15) is 0 Å². The summed E-state index contributed by atoms with van der Waals surface area (Å²) in [5.74, 6) is 1.43. The Hall–Kier alpha value is -2.11. The molecule has 2 aromatic carbocycles. The second-order valence-corrected chi connectivity index (χ2v) is 6.74. The molecule has 0 radical (unpaired) electrons. The highest BCUT2D eigenvalue weighted by Gasteiger charge is 2.37. The van der Waals surface area contributed by atoms with E-state index in [-0.39, 0.29) is 11.9 Å². The van der Waals surface area contributed by atoms with E-state index >= 15 is 0 Å².